The Kier molecular flexibility index (Phi) is 4.83. The summed E-state index contributed by atoms with van der Waals surface area (Å²) in [5.41, 5.74) is 1.96. The Morgan fingerprint density at radius 2 is 2.14 bits per heavy atom. The Morgan fingerprint density at radius 3 is 2.77 bits per heavy atom. The van der Waals surface area contributed by atoms with Crippen molar-refractivity contribution in [3.8, 4) is 11.3 Å². The fraction of sp³-hybridized carbons (Fsp3) is 0.375. The van der Waals surface area contributed by atoms with E-state index in [-0.39, 0.29) is 6.61 Å². The molecule has 0 bridgehead atoms. The molecular weight excluding hydrogens is 300 g/mol. The average Bonchev–Trinajstić information content (AvgIpc) is 2.94. The summed E-state index contributed by atoms with van der Waals surface area (Å²) >= 11 is 1.37. The Labute approximate surface area is 134 Å². The van der Waals surface area contributed by atoms with Crippen molar-refractivity contribution >= 4 is 22.6 Å². The van der Waals surface area contributed by atoms with E-state index in [4.69, 9.17) is 4.74 Å². The van der Waals surface area contributed by atoms with Crippen molar-refractivity contribution in [2.75, 3.05) is 11.9 Å². The highest BCUT2D eigenvalue weighted by Gasteiger charge is 2.22. The summed E-state index contributed by atoms with van der Waals surface area (Å²) < 4.78 is 5.33. The number of ether oxygens (including phenoxy) is 1. The molecule has 5 nitrogen and oxygen atoms in total. The van der Waals surface area contributed by atoms with Crippen molar-refractivity contribution in [2.45, 2.75) is 33.0 Å². The molecule has 118 valence electrons. The topological polar surface area (TPSA) is 62.7 Å². The maximum atomic E-state index is 12.0. The maximum Gasteiger partial charge on any atom is 0.416 e. The van der Waals surface area contributed by atoms with Crippen molar-refractivity contribution < 1.29 is 14.6 Å². The lowest BCUT2D eigenvalue weighted by atomic mass is 10.1. The molecule has 0 unspecified atom stereocenters. The van der Waals surface area contributed by atoms with Gasteiger partial charge >= 0.3 is 6.09 Å². The van der Waals surface area contributed by atoms with Gasteiger partial charge in [0.25, 0.3) is 0 Å². The van der Waals surface area contributed by atoms with Crippen molar-refractivity contribution in [3.63, 3.8) is 0 Å². The Morgan fingerprint density at radius 1 is 1.41 bits per heavy atom. The molecule has 1 aromatic carbocycles. The van der Waals surface area contributed by atoms with Gasteiger partial charge in [-0.15, -0.1) is 11.3 Å². The van der Waals surface area contributed by atoms with Gasteiger partial charge in [-0.2, -0.15) is 0 Å². The molecule has 6 heteroatoms. The zero-order chi connectivity index (χ0) is 16.3. The van der Waals surface area contributed by atoms with E-state index in [0.717, 1.165) is 16.8 Å². The highest BCUT2D eigenvalue weighted by molar-refractivity contribution is 7.14. The van der Waals surface area contributed by atoms with Gasteiger partial charge in [-0.3, -0.25) is 4.90 Å². The number of nitrogens with zero attached hydrogens (tertiary/aromatic N) is 2. The number of rotatable bonds is 3. The molecule has 2 aromatic rings. The van der Waals surface area contributed by atoms with Crippen LogP contribution >= 0.6 is 11.3 Å². The predicted octanol–water partition coefficient (Wildman–Crippen LogP) is 3.67. The maximum absolute atomic E-state index is 12.0. The standard InChI is InChI=1S/C16H20N2O3S/c1-16(2,3)21-15(20)18(4)14-17-13(10-22-14)12-7-5-6-11(8-12)9-19/h5-8,10,19H,9H2,1-4H3. The number of aromatic nitrogens is 1. The number of aliphatic hydroxyl groups excluding tert-OH is 1. The lowest BCUT2D eigenvalue weighted by molar-refractivity contribution is 0.0589. The van der Waals surface area contributed by atoms with Crippen LogP contribution in [-0.2, 0) is 11.3 Å². The zero-order valence-corrected chi connectivity index (χ0v) is 14.0. The van der Waals surface area contributed by atoms with Gasteiger partial charge in [0.1, 0.15) is 5.60 Å². The van der Waals surface area contributed by atoms with Gasteiger partial charge in [0.05, 0.1) is 12.3 Å². The van der Waals surface area contributed by atoms with Crippen LogP contribution in [0.4, 0.5) is 9.93 Å². The molecule has 1 heterocycles. The molecule has 2 rings (SSSR count). The molecule has 0 aliphatic heterocycles. The van der Waals surface area contributed by atoms with Gasteiger partial charge in [0.15, 0.2) is 5.13 Å². The van der Waals surface area contributed by atoms with E-state index in [1.807, 2.05) is 50.4 Å². The number of amides is 1. The molecular formula is C16H20N2O3S. The first-order valence-corrected chi connectivity index (χ1v) is 7.80. The fourth-order valence-corrected chi connectivity index (χ4v) is 2.58. The van der Waals surface area contributed by atoms with Crippen LogP contribution in [0.2, 0.25) is 0 Å². The fourth-order valence-electron chi connectivity index (χ4n) is 1.79. The number of aliphatic hydroxyl groups is 1. The summed E-state index contributed by atoms with van der Waals surface area (Å²) in [6.07, 6.45) is -0.433. The van der Waals surface area contributed by atoms with Crippen molar-refractivity contribution in [2.24, 2.45) is 0 Å². The van der Waals surface area contributed by atoms with Gasteiger partial charge < -0.3 is 9.84 Å². The molecule has 1 aromatic heterocycles. The molecule has 0 aliphatic carbocycles. The summed E-state index contributed by atoms with van der Waals surface area (Å²) in [6.45, 7) is 5.47. The highest BCUT2D eigenvalue weighted by atomic mass is 32.1. The number of carbonyl (C=O) groups excluding carboxylic acids is 1. The van der Waals surface area contributed by atoms with Gasteiger partial charge in [-0.05, 0) is 32.4 Å². The van der Waals surface area contributed by atoms with E-state index in [9.17, 15) is 9.90 Å². The summed E-state index contributed by atoms with van der Waals surface area (Å²) in [4.78, 5) is 17.9. The first kappa shape index (κ1) is 16.5. The van der Waals surface area contributed by atoms with Crippen molar-refractivity contribution in [3.05, 3.63) is 35.2 Å². The van der Waals surface area contributed by atoms with Gasteiger partial charge in [0, 0.05) is 18.0 Å². The van der Waals surface area contributed by atoms with Crippen molar-refractivity contribution in [1.82, 2.24) is 4.98 Å². The molecule has 0 aliphatic rings. The third kappa shape index (κ3) is 4.05. The lowest BCUT2D eigenvalue weighted by Crippen LogP contribution is -2.34. The van der Waals surface area contributed by atoms with Crippen LogP contribution in [0.15, 0.2) is 29.6 Å². The Bertz CT molecular complexity index is 661. The molecule has 1 N–H and O–H groups in total. The highest BCUT2D eigenvalue weighted by Crippen LogP contribution is 2.28. The lowest BCUT2D eigenvalue weighted by Gasteiger charge is -2.23. The molecule has 0 fully saturated rings. The van der Waals surface area contributed by atoms with Crippen LogP contribution in [0.25, 0.3) is 11.3 Å². The average molecular weight is 320 g/mol. The van der Waals surface area contributed by atoms with Crippen LogP contribution in [0.5, 0.6) is 0 Å². The monoisotopic (exact) mass is 320 g/mol. The Hall–Kier alpha value is -1.92. The van der Waals surface area contributed by atoms with Crippen molar-refractivity contribution in [1.29, 1.82) is 0 Å². The van der Waals surface area contributed by atoms with E-state index in [0.29, 0.717) is 5.13 Å². The van der Waals surface area contributed by atoms with Gasteiger partial charge in [-0.25, -0.2) is 9.78 Å². The SMILES string of the molecule is CN(C(=O)OC(C)(C)C)c1nc(-c2cccc(CO)c2)cs1. The summed E-state index contributed by atoms with van der Waals surface area (Å²) in [7, 11) is 1.64. The van der Waals surface area contributed by atoms with Crippen LogP contribution in [-0.4, -0.2) is 28.8 Å². The molecule has 0 saturated heterocycles. The van der Waals surface area contributed by atoms with Gasteiger partial charge in [0.2, 0.25) is 0 Å². The predicted molar refractivity (Wildman–Crippen MR) is 88.1 cm³/mol. The summed E-state index contributed by atoms with van der Waals surface area (Å²) in [5.74, 6) is 0. The number of carbonyl (C=O) groups is 1. The molecule has 22 heavy (non-hydrogen) atoms. The minimum absolute atomic E-state index is 0.0113. The van der Waals surface area contributed by atoms with Crippen LogP contribution in [0.1, 0.15) is 26.3 Å². The van der Waals surface area contributed by atoms with Crippen LogP contribution in [0, 0.1) is 0 Å². The first-order valence-electron chi connectivity index (χ1n) is 6.92. The second kappa shape index (κ2) is 6.46. The normalized spacial score (nSPS) is 11.3. The van der Waals surface area contributed by atoms with E-state index < -0.39 is 11.7 Å². The number of benzene rings is 1. The number of hydrogen-bond acceptors (Lipinski definition) is 5. The summed E-state index contributed by atoms with van der Waals surface area (Å²) in [6, 6.07) is 7.53. The second-order valence-electron chi connectivity index (χ2n) is 5.91. The zero-order valence-electron chi connectivity index (χ0n) is 13.2. The molecule has 1 amide bonds. The smallest absolute Gasteiger partial charge is 0.416 e. The number of hydrogen-bond donors (Lipinski definition) is 1. The molecule has 0 spiro atoms. The Balaban J connectivity index is 2.18. The molecule has 0 radical (unpaired) electrons. The first-order chi connectivity index (χ1) is 10.3. The second-order valence-corrected chi connectivity index (χ2v) is 6.75. The van der Waals surface area contributed by atoms with Crippen LogP contribution < -0.4 is 4.90 Å². The minimum atomic E-state index is -0.541. The van der Waals surface area contributed by atoms with E-state index in [2.05, 4.69) is 4.98 Å². The molecule has 0 atom stereocenters. The number of anilines is 1. The molecule has 0 saturated carbocycles. The minimum Gasteiger partial charge on any atom is -0.443 e. The van der Waals surface area contributed by atoms with Crippen LogP contribution in [0.3, 0.4) is 0 Å². The summed E-state index contributed by atoms with van der Waals surface area (Å²) in [5, 5.41) is 11.6. The third-order valence-electron chi connectivity index (χ3n) is 2.85. The van der Waals surface area contributed by atoms with E-state index in [1.54, 1.807) is 7.05 Å². The van der Waals surface area contributed by atoms with E-state index >= 15 is 0 Å². The third-order valence-corrected chi connectivity index (χ3v) is 3.77. The van der Waals surface area contributed by atoms with E-state index in [1.165, 1.54) is 16.2 Å². The largest absolute Gasteiger partial charge is 0.443 e. The van der Waals surface area contributed by atoms with Gasteiger partial charge in [-0.1, -0.05) is 18.2 Å². The quantitative estimate of drug-likeness (QED) is 0.937. The number of thiazole rings is 1.